The van der Waals surface area contributed by atoms with Crippen molar-refractivity contribution in [2.24, 2.45) is 0 Å². The van der Waals surface area contributed by atoms with Crippen LogP contribution in [-0.2, 0) is 15.9 Å². The molecule has 0 unspecified atom stereocenters. The summed E-state index contributed by atoms with van der Waals surface area (Å²) >= 11 is 0. The van der Waals surface area contributed by atoms with Crippen molar-refractivity contribution in [3.05, 3.63) is 35.1 Å². The number of Topliss-reactive ketones (excluding diaryl/α,β-unsaturated/α-hetero) is 1. The summed E-state index contributed by atoms with van der Waals surface area (Å²) in [6, 6.07) is 2.92. The van der Waals surface area contributed by atoms with Gasteiger partial charge in [-0.2, -0.15) is 0 Å². The highest BCUT2D eigenvalue weighted by molar-refractivity contribution is 6.03. The molecule has 0 saturated heterocycles. The van der Waals surface area contributed by atoms with Crippen LogP contribution in [-0.4, -0.2) is 41.2 Å². The van der Waals surface area contributed by atoms with Crippen molar-refractivity contribution in [1.29, 1.82) is 0 Å². The molecule has 0 fully saturated rings. The maximum absolute atomic E-state index is 13.4. The number of rotatable bonds is 3. The van der Waals surface area contributed by atoms with Gasteiger partial charge in [0.25, 0.3) is 0 Å². The van der Waals surface area contributed by atoms with E-state index in [1.165, 1.54) is 18.2 Å². The van der Waals surface area contributed by atoms with E-state index < -0.39 is 42.0 Å². The van der Waals surface area contributed by atoms with E-state index in [1.54, 1.807) is 27.7 Å². The molecule has 2 amide bonds. The van der Waals surface area contributed by atoms with Gasteiger partial charge < -0.3 is 9.47 Å². The molecule has 0 aromatic heterocycles. The standard InChI is InChI=1S/C18H23FN2O5/c1-10(2)25-17(23)20-21(18(24)26-11(3)4)15-8-5-12-9-13(19)6-7-14(12)16(15)22/h6-7,9-11,15H,5,8H2,1-4H3,(H,20,23)/t15-/m0/s1. The first kappa shape index (κ1) is 19.7. The topological polar surface area (TPSA) is 84.9 Å². The molecule has 1 aromatic carbocycles. The lowest BCUT2D eigenvalue weighted by Crippen LogP contribution is -2.56. The largest absolute Gasteiger partial charge is 0.446 e. The first-order chi connectivity index (χ1) is 12.2. The summed E-state index contributed by atoms with van der Waals surface area (Å²) in [6.07, 6.45) is -1.94. The zero-order valence-electron chi connectivity index (χ0n) is 15.2. The van der Waals surface area contributed by atoms with Crippen LogP contribution < -0.4 is 5.43 Å². The monoisotopic (exact) mass is 366 g/mol. The number of fused-ring (bicyclic) bond motifs is 1. The van der Waals surface area contributed by atoms with Gasteiger partial charge in [-0.1, -0.05) is 0 Å². The number of ketones is 1. The Morgan fingerprint density at radius 2 is 1.85 bits per heavy atom. The van der Waals surface area contributed by atoms with E-state index in [2.05, 4.69) is 5.43 Å². The van der Waals surface area contributed by atoms with E-state index in [9.17, 15) is 18.8 Å². The van der Waals surface area contributed by atoms with Crippen molar-refractivity contribution < 1.29 is 28.2 Å². The first-order valence-corrected chi connectivity index (χ1v) is 8.48. The van der Waals surface area contributed by atoms with Crippen molar-refractivity contribution in [1.82, 2.24) is 10.4 Å². The first-order valence-electron chi connectivity index (χ1n) is 8.48. The van der Waals surface area contributed by atoms with Crippen molar-refractivity contribution in [3.63, 3.8) is 0 Å². The third-order valence-corrected chi connectivity index (χ3v) is 3.72. The second kappa shape index (κ2) is 8.16. The Bertz CT molecular complexity index is 705. The van der Waals surface area contributed by atoms with Gasteiger partial charge in [0.1, 0.15) is 11.9 Å². The summed E-state index contributed by atoms with van der Waals surface area (Å²) in [6.45, 7) is 6.63. The molecule has 0 bridgehead atoms. The SMILES string of the molecule is CC(C)OC(=O)NN(C(=O)OC(C)C)[C@H]1CCc2cc(F)ccc2C1=O. The van der Waals surface area contributed by atoms with E-state index >= 15 is 0 Å². The molecule has 0 saturated carbocycles. The third kappa shape index (κ3) is 4.71. The van der Waals surface area contributed by atoms with E-state index in [-0.39, 0.29) is 6.42 Å². The molecule has 1 aliphatic rings. The third-order valence-electron chi connectivity index (χ3n) is 3.72. The predicted octanol–water partition coefficient (Wildman–Crippen LogP) is 3.22. The molecule has 2 rings (SSSR count). The minimum Gasteiger partial charge on any atom is -0.446 e. The van der Waals surface area contributed by atoms with Gasteiger partial charge in [-0.25, -0.2) is 24.4 Å². The van der Waals surface area contributed by atoms with E-state index in [0.29, 0.717) is 17.5 Å². The Morgan fingerprint density at radius 3 is 2.46 bits per heavy atom. The van der Waals surface area contributed by atoms with Gasteiger partial charge in [0, 0.05) is 5.56 Å². The lowest BCUT2D eigenvalue weighted by Gasteiger charge is -2.33. The lowest BCUT2D eigenvalue weighted by molar-refractivity contribution is 0.0279. The second-order valence-corrected chi connectivity index (χ2v) is 6.59. The molecular weight excluding hydrogens is 343 g/mol. The van der Waals surface area contributed by atoms with Gasteiger partial charge in [-0.15, -0.1) is 0 Å². The summed E-state index contributed by atoms with van der Waals surface area (Å²) in [5.74, 6) is -0.818. The Kier molecular flexibility index (Phi) is 6.18. The molecule has 1 aliphatic carbocycles. The Hall–Kier alpha value is -2.64. The minimum atomic E-state index is -0.959. The molecule has 1 atom stereocenters. The molecule has 0 spiro atoms. The Morgan fingerprint density at radius 1 is 1.19 bits per heavy atom. The Balaban J connectivity index is 2.26. The smallest absolute Gasteiger partial charge is 0.429 e. The number of hydrogen-bond donors (Lipinski definition) is 1. The number of carbonyl (C=O) groups excluding carboxylic acids is 3. The van der Waals surface area contributed by atoms with Crippen LogP contribution in [0.1, 0.15) is 50.0 Å². The minimum absolute atomic E-state index is 0.227. The van der Waals surface area contributed by atoms with Crippen LogP contribution in [0, 0.1) is 5.82 Å². The van der Waals surface area contributed by atoms with Crippen molar-refractivity contribution in [2.75, 3.05) is 0 Å². The van der Waals surface area contributed by atoms with Crippen LogP contribution in [0.2, 0.25) is 0 Å². The maximum atomic E-state index is 13.4. The van der Waals surface area contributed by atoms with Gasteiger partial charge in [-0.3, -0.25) is 4.79 Å². The van der Waals surface area contributed by atoms with E-state index in [4.69, 9.17) is 9.47 Å². The number of benzene rings is 1. The number of halogens is 1. The lowest BCUT2D eigenvalue weighted by atomic mass is 9.87. The number of nitrogens with one attached hydrogen (secondary N) is 1. The van der Waals surface area contributed by atoms with Crippen LogP contribution in [0.4, 0.5) is 14.0 Å². The van der Waals surface area contributed by atoms with Crippen LogP contribution >= 0.6 is 0 Å². The second-order valence-electron chi connectivity index (χ2n) is 6.59. The summed E-state index contributed by atoms with van der Waals surface area (Å²) in [7, 11) is 0. The number of carbonyl (C=O) groups is 3. The summed E-state index contributed by atoms with van der Waals surface area (Å²) < 4.78 is 23.5. The zero-order chi connectivity index (χ0) is 19.4. The molecule has 0 heterocycles. The van der Waals surface area contributed by atoms with Gasteiger partial charge in [0.05, 0.1) is 12.2 Å². The number of amides is 2. The summed E-state index contributed by atoms with van der Waals surface area (Å²) in [5.41, 5.74) is 3.20. The molecule has 26 heavy (non-hydrogen) atoms. The van der Waals surface area contributed by atoms with Crippen LogP contribution in [0.15, 0.2) is 18.2 Å². The normalized spacial score (nSPS) is 16.3. The predicted molar refractivity (Wildman–Crippen MR) is 91.0 cm³/mol. The van der Waals surface area contributed by atoms with E-state index in [0.717, 1.165) is 5.01 Å². The number of hydrazine groups is 1. The van der Waals surface area contributed by atoms with Crippen LogP contribution in [0.3, 0.4) is 0 Å². The zero-order valence-corrected chi connectivity index (χ0v) is 15.2. The number of aryl methyl sites for hydroxylation is 1. The molecule has 7 nitrogen and oxygen atoms in total. The fraction of sp³-hybridized carbons (Fsp3) is 0.500. The maximum Gasteiger partial charge on any atom is 0.429 e. The molecule has 8 heteroatoms. The number of ether oxygens (including phenoxy) is 2. The van der Waals surface area contributed by atoms with Crippen molar-refractivity contribution >= 4 is 18.0 Å². The summed E-state index contributed by atoms with van der Waals surface area (Å²) in [4.78, 5) is 37.2. The van der Waals surface area contributed by atoms with Gasteiger partial charge in [0.15, 0.2) is 5.78 Å². The van der Waals surface area contributed by atoms with Gasteiger partial charge in [0.2, 0.25) is 0 Å². The average Bonchev–Trinajstić information content (AvgIpc) is 2.52. The quantitative estimate of drug-likeness (QED) is 0.830. The average molecular weight is 366 g/mol. The highest BCUT2D eigenvalue weighted by atomic mass is 19.1. The molecule has 1 N–H and O–H groups in total. The number of hydrogen-bond acceptors (Lipinski definition) is 5. The Labute approximate surface area is 151 Å². The van der Waals surface area contributed by atoms with Gasteiger partial charge >= 0.3 is 12.2 Å². The molecule has 1 aromatic rings. The van der Waals surface area contributed by atoms with E-state index in [1.807, 2.05) is 0 Å². The van der Waals surface area contributed by atoms with Crippen molar-refractivity contribution in [3.8, 4) is 0 Å². The molecule has 0 aliphatic heterocycles. The number of nitrogens with zero attached hydrogens (tertiary/aromatic N) is 1. The summed E-state index contributed by atoms with van der Waals surface area (Å²) in [5, 5.41) is 0.860. The molecular formula is C18H23FN2O5. The fourth-order valence-electron chi connectivity index (χ4n) is 2.71. The van der Waals surface area contributed by atoms with Gasteiger partial charge in [-0.05, 0) is 64.3 Å². The van der Waals surface area contributed by atoms with Crippen LogP contribution in [0.5, 0.6) is 0 Å². The van der Waals surface area contributed by atoms with Crippen LogP contribution in [0.25, 0.3) is 0 Å². The van der Waals surface area contributed by atoms with Crippen molar-refractivity contribution in [2.45, 2.75) is 58.8 Å². The molecule has 0 radical (unpaired) electrons. The molecule has 142 valence electrons. The highest BCUT2D eigenvalue weighted by Gasteiger charge is 2.37. The fourth-order valence-corrected chi connectivity index (χ4v) is 2.71. The highest BCUT2D eigenvalue weighted by Crippen LogP contribution is 2.25.